The van der Waals surface area contributed by atoms with Gasteiger partial charge < -0.3 is 5.73 Å². The number of hydrogen-bond acceptors (Lipinski definition) is 3. The van der Waals surface area contributed by atoms with Crippen LogP contribution in [0.5, 0.6) is 0 Å². The number of nitrogens with two attached hydrogens (primary N) is 1. The number of aryl methyl sites for hydroxylation is 1. The van der Waals surface area contributed by atoms with E-state index in [4.69, 9.17) is 5.73 Å². The van der Waals surface area contributed by atoms with E-state index in [0.29, 0.717) is 0 Å². The fraction of sp³-hybridized carbons (Fsp3) is 0.583. The largest absolute Gasteiger partial charge is 0.316 e. The zero-order valence-electron chi connectivity index (χ0n) is 9.46. The second-order valence-corrected chi connectivity index (χ2v) is 4.64. The lowest BCUT2D eigenvalue weighted by Crippen LogP contribution is -2.53. The molecular weight excluding hydrogens is 186 g/mol. The molecule has 0 spiro atoms. The molecule has 1 aliphatic heterocycles. The third kappa shape index (κ3) is 2.19. The van der Waals surface area contributed by atoms with Crippen LogP contribution in [0.4, 0.5) is 0 Å². The van der Waals surface area contributed by atoms with E-state index in [9.17, 15) is 0 Å². The molecule has 0 aliphatic carbocycles. The van der Waals surface area contributed by atoms with Gasteiger partial charge in [0.1, 0.15) is 0 Å². The molecule has 0 aromatic carbocycles. The van der Waals surface area contributed by atoms with Crippen LogP contribution >= 0.6 is 0 Å². The van der Waals surface area contributed by atoms with Crippen molar-refractivity contribution in [1.29, 1.82) is 0 Å². The van der Waals surface area contributed by atoms with Gasteiger partial charge in [-0.25, -0.2) is 0 Å². The lowest BCUT2D eigenvalue weighted by molar-refractivity contribution is 0.223. The minimum atomic E-state index is -0.0519. The van der Waals surface area contributed by atoms with Gasteiger partial charge in [0.15, 0.2) is 0 Å². The summed E-state index contributed by atoms with van der Waals surface area (Å²) < 4.78 is 0. The van der Waals surface area contributed by atoms with Gasteiger partial charge in [0.05, 0.1) is 17.4 Å². The molecule has 1 fully saturated rings. The highest BCUT2D eigenvalue weighted by atomic mass is 15.1. The van der Waals surface area contributed by atoms with Gasteiger partial charge in [0.2, 0.25) is 0 Å². The number of hydrogen-bond donors (Lipinski definition) is 2. The quantitative estimate of drug-likeness (QED) is 0.733. The SMILES string of the molecule is Cc1cccc(C2(C)CCCC(N)N2)n1. The second-order valence-electron chi connectivity index (χ2n) is 4.64. The van der Waals surface area contributed by atoms with Crippen LogP contribution in [0.1, 0.15) is 37.6 Å². The van der Waals surface area contributed by atoms with Gasteiger partial charge in [0, 0.05) is 5.69 Å². The van der Waals surface area contributed by atoms with Crippen molar-refractivity contribution >= 4 is 0 Å². The Morgan fingerprint density at radius 1 is 1.53 bits per heavy atom. The fourth-order valence-electron chi connectivity index (χ4n) is 2.28. The van der Waals surface area contributed by atoms with Crippen molar-refractivity contribution in [2.24, 2.45) is 5.73 Å². The average Bonchev–Trinajstić information content (AvgIpc) is 2.17. The van der Waals surface area contributed by atoms with Gasteiger partial charge in [-0.3, -0.25) is 10.3 Å². The van der Waals surface area contributed by atoms with E-state index in [-0.39, 0.29) is 11.7 Å². The molecule has 3 heteroatoms. The lowest BCUT2D eigenvalue weighted by Gasteiger charge is -2.38. The number of piperidine rings is 1. The Kier molecular flexibility index (Phi) is 2.76. The minimum Gasteiger partial charge on any atom is -0.316 e. The molecule has 1 aliphatic rings. The number of aromatic nitrogens is 1. The van der Waals surface area contributed by atoms with Crippen LogP contribution in [0.15, 0.2) is 18.2 Å². The highest BCUT2D eigenvalue weighted by Gasteiger charge is 2.32. The summed E-state index contributed by atoms with van der Waals surface area (Å²) in [6, 6.07) is 6.17. The van der Waals surface area contributed by atoms with E-state index in [0.717, 1.165) is 24.2 Å². The normalized spacial score (nSPS) is 31.5. The average molecular weight is 205 g/mol. The Balaban J connectivity index is 2.28. The van der Waals surface area contributed by atoms with Crippen LogP contribution in [-0.2, 0) is 5.54 Å². The highest BCUT2D eigenvalue weighted by molar-refractivity contribution is 5.19. The number of nitrogens with one attached hydrogen (secondary N) is 1. The Hall–Kier alpha value is -0.930. The monoisotopic (exact) mass is 205 g/mol. The molecular formula is C12H19N3. The van der Waals surface area contributed by atoms with Crippen LogP contribution in [0.3, 0.4) is 0 Å². The summed E-state index contributed by atoms with van der Waals surface area (Å²) in [6.45, 7) is 4.21. The molecule has 2 heterocycles. The molecule has 1 saturated heterocycles. The third-order valence-corrected chi connectivity index (χ3v) is 3.15. The number of nitrogens with zero attached hydrogens (tertiary/aromatic N) is 1. The van der Waals surface area contributed by atoms with E-state index in [1.54, 1.807) is 0 Å². The molecule has 82 valence electrons. The maximum atomic E-state index is 5.95. The Labute approximate surface area is 91.1 Å². The van der Waals surface area contributed by atoms with Crippen molar-refractivity contribution < 1.29 is 0 Å². The molecule has 15 heavy (non-hydrogen) atoms. The molecule has 0 saturated carbocycles. The molecule has 0 radical (unpaired) electrons. The molecule has 0 amide bonds. The lowest BCUT2D eigenvalue weighted by atomic mass is 9.86. The van der Waals surface area contributed by atoms with Gasteiger partial charge in [-0.1, -0.05) is 6.07 Å². The zero-order valence-corrected chi connectivity index (χ0v) is 9.46. The Morgan fingerprint density at radius 3 is 3.00 bits per heavy atom. The van der Waals surface area contributed by atoms with Crippen molar-refractivity contribution in [2.45, 2.75) is 44.8 Å². The predicted octanol–water partition coefficient (Wildman–Crippen LogP) is 1.66. The van der Waals surface area contributed by atoms with Crippen LogP contribution < -0.4 is 11.1 Å². The van der Waals surface area contributed by atoms with Gasteiger partial charge in [-0.2, -0.15) is 0 Å². The van der Waals surface area contributed by atoms with Crippen molar-refractivity contribution in [3.63, 3.8) is 0 Å². The molecule has 0 bridgehead atoms. The van der Waals surface area contributed by atoms with E-state index in [1.807, 2.05) is 13.0 Å². The van der Waals surface area contributed by atoms with Gasteiger partial charge in [-0.15, -0.1) is 0 Å². The van der Waals surface area contributed by atoms with E-state index >= 15 is 0 Å². The summed E-state index contributed by atoms with van der Waals surface area (Å²) in [7, 11) is 0. The molecule has 3 N–H and O–H groups in total. The van der Waals surface area contributed by atoms with Gasteiger partial charge in [-0.05, 0) is 45.2 Å². The molecule has 1 aromatic heterocycles. The first-order valence-corrected chi connectivity index (χ1v) is 5.58. The van der Waals surface area contributed by atoms with E-state index in [1.165, 1.54) is 6.42 Å². The summed E-state index contributed by atoms with van der Waals surface area (Å²) in [6.07, 6.45) is 3.44. The van der Waals surface area contributed by atoms with Crippen molar-refractivity contribution in [1.82, 2.24) is 10.3 Å². The van der Waals surface area contributed by atoms with Crippen LogP contribution in [0, 0.1) is 6.92 Å². The molecule has 2 unspecified atom stereocenters. The molecule has 3 nitrogen and oxygen atoms in total. The summed E-state index contributed by atoms with van der Waals surface area (Å²) in [4.78, 5) is 4.58. The molecule has 2 rings (SSSR count). The maximum absolute atomic E-state index is 5.95. The first-order valence-electron chi connectivity index (χ1n) is 5.58. The maximum Gasteiger partial charge on any atom is 0.0605 e. The summed E-state index contributed by atoms with van der Waals surface area (Å²) in [5, 5.41) is 3.45. The topological polar surface area (TPSA) is 50.9 Å². The van der Waals surface area contributed by atoms with Crippen molar-refractivity contribution in [3.05, 3.63) is 29.6 Å². The first kappa shape index (κ1) is 10.6. The van der Waals surface area contributed by atoms with Gasteiger partial charge in [0.25, 0.3) is 0 Å². The van der Waals surface area contributed by atoms with Gasteiger partial charge >= 0.3 is 0 Å². The van der Waals surface area contributed by atoms with E-state index < -0.39 is 0 Å². The first-order chi connectivity index (χ1) is 7.10. The zero-order chi connectivity index (χ0) is 10.9. The second kappa shape index (κ2) is 3.91. The standard InChI is InChI=1S/C12H19N3/c1-9-5-3-6-10(14-9)12(2)8-4-7-11(13)15-12/h3,5-6,11,15H,4,7-8,13H2,1-2H3. The Morgan fingerprint density at radius 2 is 2.33 bits per heavy atom. The number of rotatable bonds is 1. The minimum absolute atomic E-state index is 0.0519. The van der Waals surface area contributed by atoms with E-state index in [2.05, 4.69) is 29.4 Å². The smallest absolute Gasteiger partial charge is 0.0605 e. The van der Waals surface area contributed by atoms with Crippen LogP contribution in [0.2, 0.25) is 0 Å². The van der Waals surface area contributed by atoms with Crippen molar-refractivity contribution in [3.8, 4) is 0 Å². The molecule has 2 atom stereocenters. The highest BCUT2D eigenvalue weighted by Crippen LogP contribution is 2.29. The summed E-state index contributed by atoms with van der Waals surface area (Å²) in [5.74, 6) is 0. The number of pyridine rings is 1. The van der Waals surface area contributed by atoms with Crippen LogP contribution in [0.25, 0.3) is 0 Å². The van der Waals surface area contributed by atoms with Crippen LogP contribution in [-0.4, -0.2) is 11.1 Å². The third-order valence-electron chi connectivity index (χ3n) is 3.15. The Bertz CT molecular complexity index is 350. The fourth-order valence-corrected chi connectivity index (χ4v) is 2.28. The predicted molar refractivity (Wildman–Crippen MR) is 61.3 cm³/mol. The summed E-state index contributed by atoms with van der Waals surface area (Å²) in [5.41, 5.74) is 8.07. The molecule has 1 aromatic rings. The summed E-state index contributed by atoms with van der Waals surface area (Å²) >= 11 is 0. The van der Waals surface area contributed by atoms with Crippen molar-refractivity contribution in [2.75, 3.05) is 0 Å².